The van der Waals surface area contributed by atoms with Gasteiger partial charge in [-0.2, -0.15) is 0 Å². The molecule has 1 N–H and O–H groups in total. The van der Waals surface area contributed by atoms with Crippen molar-refractivity contribution in [2.24, 2.45) is 0 Å². The van der Waals surface area contributed by atoms with Gasteiger partial charge in [0.05, 0.1) is 4.92 Å². The van der Waals surface area contributed by atoms with E-state index >= 15 is 0 Å². The molecule has 18 heavy (non-hydrogen) atoms. The summed E-state index contributed by atoms with van der Waals surface area (Å²) in [6.45, 7) is 0. The molecule has 1 aromatic carbocycles. The van der Waals surface area contributed by atoms with Crippen molar-refractivity contribution in [2.45, 2.75) is 0 Å². The van der Waals surface area contributed by atoms with E-state index < -0.39 is 4.92 Å². The van der Waals surface area contributed by atoms with Crippen molar-refractivity contribution in [1.29, 1.82) is 0 Å². The second-order valence-electron chi connectivity index (χ2n) is 3.33. The van der Waals surface area contributed by atoms with Crippen molar-refractivity contribution in [3.8, 4) is 17.4 Å². The number of rotatable bonds is 3. The van der Waals surface area contributed by atoms with E-state index in [2.05, 4.69) is 20.9 Å². The number of pyridine rings is 1. The average molecular weight is 311 g/mol. The molecule has 0 amide bonds. The van der Waals surface area contributed by atoms with E-state index in [0.717, 1.165) is 0 Å². The number of aromatic hydroxyl groups is 1. The molecule has 1 aromatic heterocycles. The number of phenols is 1. The lowest BCUT2D eigenvalue weighted by Gasteiger charge is -2.05. The topological polar surface area (TPSA) is 85.5 Å². The van der Waals surface area contributed by atoms with E-state index in [4.69, 9.17) is 4.74 Å². The fourth-order valence-electron chi connectivity index (χ4n) is 1.28. The Morgan fingerprint density at radius 2 is 2.17 bits per heavy atom. The third-order valence-corrected chi connectivity index (χ3v) is 2.46. The molecule has 6 nitrogen and oxygen atoms in total. The largest absolute Gasteiger partial charge is 0.508 e. The van der Waals surface area contributed by atoms with Gasteiger partial charge in [-0.3, -0.25) is 10.1 Å². The van der Waals surface area contributed by atoms with E-state index in [0.29, 0.717) is 4.47 Å². The van der Waals surface area contributed by atoms with Crippen LogP contribution < -0.4 is 4.74 Å². The fraction of sp³-hybridized carbons (Fsp3) is 0. The Kier molecular flexibility index (Phi) is 3.42. The van der Waals surface area contributed by atoms with Crippen LogP contribution in [0.1, 0.15) is 0 Å². The number of halogens is 1. The summed E-state index contributed by atoms with van der Waals surface area (Å²) in [5.74, 6) is 0.147. The molecule has 0 spiro atoms. The third kappa shape index (κ3) is 2.75. The Hall–Kier alpha value is -2.15. The number of hydrogen-bond donors (Lipinski definition) is 1. The highest BCUT2D eigenvalue weighted by atomic mass is 79.9. The molecule has 0 unspecified atom stereocenters. The lowest BCUT2D eigenvalue weighted by atomic mass is 10.3. The maximum absolute atomic E-state index is 10.8. The molecule has 2 rings (SSSR count). The molecule has 0 radical (unpaired) electrons. The standard InChI is InChI=1S/C11H7BrN2O4/c12-7-4-10(14(16)17)11(13-6-7)18-9-3-1-2-8(15)5-9/h1-6,15H. The van der Waals surface area contributed by atoms with Gasteiger partial charge in [-0.25, -0.2) is 4.98 Å². The molecular formula is C11H7BrN2O4. The van der Waals surface area contributed by atoms with Crippen molar-refractivity contribution < 1.29 is 14.8 Å². The fourth-order valence-corrected chi connectivity index (χ4v) is 1.60. The lowest BCUT2D eigenvalue weighted by molar-refractivity contribution is -0.386. The zero-order valence-corrected chi connectivity index (χ0v) is 10.5. The highest BCUT2D eigenvalue weighted by Gasteiger charge is 2.18. The molecule has 0 saturated heterocycles. The first-order chi connectivity index (χ1) is 8.56. The SMILES string of the molecule is O=[N+]([O-])c1cc(Br)cnc1Oc1cccc(O)c1. The van der Waals surface area contributed by atoms with E-state index in [1.165, 1.54) is 24.4 Å². The quantitative estimate of drug-likeness (QED) is 0.694. The van der Waals surface area contributed by atoms with Crippen LogP contribution in [0.15, 0.2) is 41.0 Å². The third-order valence-electron chi connectivity index (χ3n) is 2.03. The summed E-state index contributed by atoms with van der Waals surface area (Å²) in [6.07, 6.45) is 1.39. The number of aromatic nitrogens is 1. The summed E-state index contributed by atoms with van der Waals surface area (Å²) in [5.41, 5.74) is -0.257. The summed E-state index contributed by atoms with van der Waals surface area (Å²) in [6, 6.07) is 7.23. The summed E-state index contributed by atoms with van der Waals surface area (Å²) in [5, 5.41) is 20.1. The number of phenolic OH excluding ortho intramolecular Hbond substituents is 1. The van der Waals surface area contributed by atoms with Crippen LogP contribution in [-0.4, -0.2) is 15.0 Å². The summed E-state index contributed by atoms with van der Waals surface area (Å²) in [4.78, 5) is 14.1. The molecule has 1 heterocycles. The first kappa shape index (κ1) is 12.3. The van der Waals surface area contributed by atoms with Crippen LogP contribution in [-0.2, 0) is 0 Å². The van der Waals surface area contributed by atoms with Crippen LogP contribution in [0.5, 0.6) is 17.4 Å². The van der Waals surface area contributed by atoms with Gasteiger partial charge < -0.3 is 9.84 Å². The Labute approximate surface area is 110 Å². The van der Waals surface area contributed by atoms with Crippen molar-refractivity contribution in [3.63, 3.8) is 0 Å². The monoisotopic (exact) mass is 310 g/mol. The van der Waals surface area contributed by atoms with E-state index in [1.807, 2.05) is 0 Å². The Bertz CT molecular complexity index is 603. The molecule has 0 fully saturated rings. The summed E-state index contributed by atoms with van der Waals surface area (Å²) >= 11 is 3.10. The molecule has 0 bridgehead atoms. The molecule has 0 aliphatic heterocycles. The highest BCUT2D eigenvalue weighted by molar-refractivity contribution is 9.10. The summed E-state index contributed by atoms with van der Waals surface area (Å²) in [7, 11) is 0. The first-order valence-electron chi connectivity index (χ1n) is 4.83. The van der Waals surface area contributed by atoms with Gasteiger partial charge in [-0.05, 0) is 28.1 Å². The van der Waals surface area contributed by atoms with E-state index in [1.54, 1.807) is 12.1 Å². The number of nitro groups is 1. The zero-order valence-electron chi connectivity index (χ0n) is 8.91. The minimum Gasteiger partial charge on any atom is -0.508 e. The molecule has 92 valence electrons. The minimum atomic E-state index is -0.587. The Morgan fingerprint density at radius 3 is 2.83 bits per heavy atom. The highest BCUT2D eigenvalue weighted by Crippen LogP contribution is 2.32. The molecule has 0 aliphatic rings. The van der Waals surface area contributed by atoms with Gasteiger partial charge in [-0.15, -0.1) is 0 Å². The molecule has 0 atom stereocenters. The predicted molar refractivity (Wildman–Crippen MR) is 66.8 cm³/mol. The van der Waals surface area contributed by atoms with Gasteiger partial charge >= 0.3 is 5.69 Å². The predicted octanol–water partition coefficient (Wildman–Crippen LogP) is 3.25. The molecule has 0 aliphatic carbocycles. The van der Waals surface area contributed by atoms with Gasteiger partial charge in [0.1, 0.15) is 11.5 Å². The van der Waals surface area contributed by atoms with Crippen molar-refractivity contribution in [3.05, 3.63) is 51.1 Å². The van der Waals surface area contributed by atoms with Gasteiger partial charge in [0.25, 0.3) is 5.88 Å². The smallest absolute Gasteiger partial charge is 0.332 e. The molecular weight excluding hydrogens is 304 g/mol. The summed E-state index contributed by atoms with van der Waals surface area (Å²) < 4.78 is 5.76. The van der Waals surface area contributed by atoms with Crippen LogP contribution in [0.2, 0.25) is 0 Å². The Balaban J connectivity index is 2.37. The number of ether oxygens (including phenoxy) is 1. The molecule has 2 aromatic rings. The van der Waals surface area contributed by atoms with E-state index in [-0.39, 0.29) is 23.1 Å². The minimum absolute atomic E-state index is 0.00673. The van der Waals surface area contributed by atoms with Crippen LogP contribution in [0.25, 0.3) is 0 Å². The van der Waals surface area contributed by atoms with Crippen molar-refractivity contribution >= 4 is 21.6 Å². The van der Waals surface area contributed by atoms with Crippen molar-refractivity contribution in [1.82, 2.24) is 4.98 Å². The number of nitrogens with zero attached hydrogens (tertiary/aromatic N) is 2. The normalized spacial score (nSPS) is 10.1. The van der Waals surface area contributed by atoms with Crippen LogP contribution >= 0.6 is 15.9 Å². The van der Waals surface area contributed by atoms with Crippen molar-refractivity contribution in [2.75, 3.05) is 0 Å². The molecule has 7 heteroatoms. The van der Waals surface area contributed by atoms with Crippen LogP contribution in [0, 0.1) is 10.1 Å². The van der Waals surface area contributed by atoms with Crippen LogP contribution in [0.3, 0.4) is 0 Å². The van der Waals surface area contributed by atoms with Gasteiger partial charge in [0.15, 0.2) is 0 Å². The first-order valence-corrected chi connectivity index (χ1v) is 5.62. The second kappa shape index (κ2) is 5.01. The average Bonchev–Trinajstić information content (AvgIpc) is 2.31. The maximum Gasteiger partial charge on any atom is 0.332 e. The van der Waals surface area contributed by atoms with Gasteiger partial charge in [0.2, 0.25) is 0 Å². The van der Waals surface area contributed by atoms with E-state index in [9.17, 15) is 15.2 Å². The van der Waals surface area contributed by atoms with Crippen LogP contribution in [0.4, 0.5) is 5.69 Å². The van der Waals surface area contributed by atoms with Gasteiger partial charge in [-0.1, -0.05) is 6.07 Å². The number of hydrogen-bond acceptors (Lipinski definition) is 5. The maximum atomic E-state index is 10.8. The number of benzene rings is 1. The second-order valence-corrected chi connectivity index (χ2v) is 4.25. The molecule has 0 saturated carbocycles. The zero-order chi connectivity index (χ0) is 13.1. The Morgan fingerprint density at radius 1 is 1.39 bits per heavy atom. The van der Waals surface area contributed by atoms with Gasteiger partial charge in [0, 0.05) is 22.8 Å². The lowest BCUT2D eigenvalue weighted by Crippen LogP contribution is -1.95.